The first-order valence-electron chi connectivity index (χ1n) is 15.0. The number of ketones is 1. The molecule has 2 aliphatic rings. The normalized spacial score (nSPS) is 25.5. The Morgan fingerprint density at radius 1 is 0.622 bits per heavy atom. The van der Waals surface area contributed by atoms with Crippen LogP contribution < -0.4 is 0 Å². The highest BCUT2D eigenvalue weighted by molar-refractivity contribution is 7.92. The van der Waals surface area contributed by atoms with E-state index < -0.39 is 53.8 Å². The number of sulfone groups is 2. The molecule has 0 N–H and O–H groups in total. The molecule has 0 bridgehead atoms. The molecule has 45 heavy (non-hydrogen) atoms. The average molecular weight is 682 g/mol. The molecule has 2 fully saturated rings. The van der Waals surface area contributed by atoms with Crippen LogP contribution in [-0.2, 0) is 24.5 Å². The number of benzene rings is 4. The molecule has 5 nitrogen and oxygen atoms in total. The molecule has 0 saturated heterocycles. The minimum Gasteiger partial charge on any atom is -0.299 e. The molecule has 2 unspecified atom stereocenters. The third kappa shape index (κ3) is 6.00. The van der Waals surface area contributed by atoms with Crippen molar-refractivity contribution in [3.63, 3.8) is 0 Å². The number of hydrogen-bond donors (Lipinski definition) is 0. The van der Waals surface area contributed by atoms with Crippen LogP contribution in [0.5, 0.6) is 0 Å². The number of hydrogen-bond acceptors (Lipinski definition) is 5. The number of halogens is 2. The summed E-state index contributed by atoms with van der Waals surface area (Å²) in [6, 6.07) is 27.8. The molecule has 0 amide bonds. The highest BCUT2D eigenvalue weighted by Crippen LogP contribution is 2.54. The molecule has 2 saturated carbocycles. The largest absolute Gasteiger partial charge is 0.299 e. The van der Waals surface area contributed by atoms with Crippen LogP contribution in [0.3, 0.4) is 0 Å². The van der Waals surface area contributed by atoms with E-state index in [0.717, 1.165) is 16.7 Å². The van der Waals surface area contributed by atoms with Crippen molar-refractivity contribution in [1.29, 1.82) is 0 Å². The number of Topliss-reactive ketones (excluding diaryl/α,β-unsaturated/α-hetero) is 1. The number of carbonyl (C=O) groups excluding carboxylic acids is 1. The molecule has 0 spiro atoms. The van der Waals surface area contributed by atoms with Crippen LogP contribution in [0.25, 0.3) is 0 Å². The van der Waals surface area contributed by atoms with Crippen LogP contribution in [0.1, 0.15) is 53.4 Å². The SMILES string of the molecule is Cc1ccc(S(=O)(=O)C2C[C@H]3C(=O)C[C@@H](c4ccc(Cl)cc4)C(S(=O)(=O)c4ccccc4C)[C@H]3C[C@H]2c2ccc(Cl)cc2)cc1. The lowest BCUT2D eigenvalue weighted by atomic mass is 9.62. The summed E-state index contributed by atoms with van der Waals surface area (Å²) in [4.78, 5) is 14.5. The summed E-state index contributed by atoms with van der Waals surface area (Å²) in [6.07, 6.45) is 0.259. The van der Waals surface area contributed by atoms with Gasteiger partial charge in [-0.1, -0.05) is 83.4 Å². The summed E-state index contributed by atoms with van der Waals surface area (Å²) in [6.45, 7) is 3.67. The first-order chi connectivity index (χ1) is 21.4. The molecule has 6 rings (SSSR count). The quantitative estimate of drug-likeness (QED) is 0.205. The monoisotopic (exact) mass is 680 g/mol. The molecule has 0 heterocycles. The van der Waals surface area contributed by atoms with Crippen molar-refractivity contribution >= 4 is 48.7 Å². The van der Waals surface area contributed by atoms with Crippen molar-refractivity contribution in [3.8, 4) is 0 Å². The van der Waals surface area contributed by atoms with Crippen molar-refractivity contribution in [1.82, 2.24) is 0 Å². The van der Waals surface area contributed by atoms with E-state index in [1.165, 1.54) is 0 Å². The Kier molecular flexibility index (Phi) is 8.76. The van der Waals surface area contributed by atoms with Gasteiger partial charge in [-0.15, -0.1) is 0 Å². The van der Waals surface area contributed by atoms with Gasteiger partial charge in [-0.25, -0.2) is 16.8 Å². The molecule has 0 aliphatic heterocycles. The van der Waals surface area contributed by atoms with E-state index in [1.807, 2.05) is 19.1 Å². The second-order valence-electron chi connectivity index (χ2n) is 12.4. The predicted molar refractivity (Wildman–Crippen MR) is 179 cm³/mol. The Balaban J connectivity index is 1.52. The van der Waals surface area contributed by atoms with Crippen molar-refractivity contribution in [2.45, 2.75) is 65.2 Å². The fraction of sp³-hybridized carbons (Fsp3) is 0.306. The standard InChI is InChI=1S/C36H34Cl2O5S2/c1-22-7-17-28(18-8-22)44(40,41)35-21-31-32(19-29(35)24-9-13-26(37)14-10-24)36(45(42,43)34-6-4-3-5-23(34)2)30(20-33(31)39)25-11-15-27(38)16-12-25/h3-18,29-32,35-36H,19-21H2,1-2H3/t29-,30-,31+,32-,35?,36?/m0/s1. The Bertz CT molecular complexity index is 1940. The lowest BCUT2D eigenvalue weighted by Gasteiger charge is -2.48. The van der Waals surface area contributed by atoms with Gasteiger partial charge in [-0.3, -0.25) is 4.79 Å². The Hall–Kier alpha value is -2.97. The predicted octanol–water partition coefficient (Wildman–Crippen LogP) is 8.16. The van der Waals surface area contributed by atoms with Gasteiger partial charge < -0.3 is 0 Å². The smallest absolute Gasteiger partial charge is 0.182 e. The Morgan fingerprint density at radius 3 is 1.76 bits per heavy atom. The minimum atomic E-state index is -3.97. The third-order valence-corrected chi connectivity index (χ3v) is 15.0. The highest BCUT2D eigenvalue weighted by Gasteiger charge is 2.56. The number of rotatable bonds is 6. The lowest BCUT2D eigenvalue weighted by molar-refractivity contribution is -0.128. The van der Waals surface area contributed by atoms with Gasteiger partial charge in [0.05, 0.1) is 20.3 Å². The van der Waals surface area contributed by atoms with Crippen LogP contribution in [0.4, 0.5) is 0 Å². The summed E-state index contributed by atoms with van der Waals surface area (Å²) in [5.41, 5.74) is 3.05. The Morgan fingerprint density at radius 2 is 1.18 bits per heavy atom. The molecular formula is C36H34Cl2O5S2. The molecule has 234 valence electrons. The molecule has 4 aromatic rings. The van der Waals surface area contributed by atoms with Gasteiger partial charge >= 0.3 is 0 Å². The second-order valence-corrected chi connectivity index (χ2v) is 17.5. The van der Waals surface area contributed by atoms with Gasteiger partial charge in [-0.05, 0) is 91.8 Å². The maximum Gasteiger partial charge on any atom is 0.182 e. The molecule has 0 aromatic heterocycles. The van der Waals surface area contributed by atoms with E-state index >= 15 is 0 Å². The maximum absolute atomic E-state index is 14.8. The first-order valence-corrected chi connectivity index (χ1v) is 18.9. The number of aryl methyl sites for hydroxylation is 2. The van der Waals surface area contributed by atoms with Gasteiger partial charge in [-0.2, -0.15) is 0 Å². The number of carbonyl (C=O) groups is 1. The molecule has 9 heteroatoms. The van der Waals surface area contributed by atoms with Crippen molar-refractivity contribution in [3.05, 3.63) is 129 Å². The van der Waals surface area contributed by atoms with Crippen LogP contribution >= 0.6 is 23.2 Å². The topological polar surface area (TPSA) is 85.3 Å². The summed E-state index contributed by atoms with van der Waals surface area (Å²) in [5.74, 6) is -2.61. The Labute approximate surface area is 275 Å². The zero-order valence-corrected chi connectivity index (χ0v) is 28.1. The van der Waals surface area contributed by atoms with Crippen LogP contribution in [0, 0.1) is 25.7 Å². The fourth-order valence-electron chi connectivity index (χ4n) is 7.51. The molecule has 2 aliphatic carbocycles. The van der Waals surface area contributed by atoms with Gasteiger partial charge in [0.1, 0.15) is 5.78 Å². The zero-order valence-electron chi connectivity index (χ0n) is 24.9. The van der Waals surface area contributed by atoms with Gasteiger partial charge in [0.15, 0.2) is 19.7 Å². The lowest BCUT2D eigenvalue weighted by Crippen LogP contribution is -2.53. The summed E-state index contributed by atoms with van der Waals surface area (Å²) in [7, 11) is -7.86. The molecular weight excluding hydrogens is 647 g/mol. The average Bonchev–Trinajstić information content (AvgIpc) is 3.01. The molecule has 4 aromatic carbocycles. The summed E-state index contributed by atoms with van der Waals surface area (Å²) < 4.78 is 58.2. The first kappa shape index (κ1) is 32.0. The van der Waals surface area contributed by atoms with Gasteiger partial charge in [0.25, 0.3) is 0 Å². The fourth-order valence-corrected chi connectivity index (χ4v) is 12.3. The number of fused-ring (bicyclic) bond motifs is 1. The molecule has 6 atom stereocenters. The zero-order chi connectivity index (χ0) is 32.1. The minimum absolute atomic E-state index is 0.00148. The summed E-state index contributed by atoms with van der Waals surface area (Å²) in [5, 5.41) is -0.830. The summed E-state index contributed by atoms with van der Waals surface area (Å²) >= 11 is 12.4. The van der Waals surface area contributed by atoms with E-state index in [-0.39, 0.29) is 34.8 Å². The van der Waals surface area contributed by atoms with Gasteiger partial charge in [0, 0.05) is 34.2 Å². The molecule has 0 radical (unpaired) electrons. The van der Waals surface area contributed by atoms with Gasteiger partial charge in [0.2, 0.25) is 0 Å². The van der Waals surface area contributed by atoms with Crippen LogP contribution in [-0.4, -0.2) is 33.1 Å². The van der Waals surface area contributed by atoms with E-state index in [1.54, 1.807) is 91.9 Å². The van der Waals surface area contributed by atoms with E-state index in [0.29, 0.717) is 15.6 Å². The van der Waals surface area contributed by atoms with E-state index in [2.05, 4.69) is 0 Å². The maximum atomic E-state index is 14.8. The van der Waals surface area contributed by atoms with Crippen molar-refractivity contribution in [2.24, 2.45) is 11.8 Å². The van der Waals surface area contributed by atoms with E-state index in [9.17, 15) is 21.6 Å². The van der Waals surface area contributed by atoms with Crippen molar-refractivity contribution in [2.75, 3.05) is 0 Å². The third-order valence-electron chi connectivity index (χ3n) is 9.73. The highest BCUT2D eigenvalue weighted by atomic mass is 35.5. The second kappa shape index (κ2) is 12.3. The van der Waals surface area contributed by atoms with Crippen molar-refractivity contribution < 1.29 is 21.6 Å². The van der Waals surface area contributed by atoms with Crippen LogP contribution in [0.15, 0.2) is 107 Å². The van der Waals surface area contributed by atoms with E-state index in [4.69, 9.17) is 23.2 Å². The van der Waals surface area contributed by atoms with Crippen LogP contribution in [0.2, 0.25) is 10.0 Å².